The summed E-state index contributed by atoms with van der Waals surface area (Å²) in [6.45, 7) is 16.0. The van der Waals surface area contributed by atoms with Crippen LogP contribution in [0.25, 0.3) is 55.8 Å². The number of aryl methyl sites for hydroxylation is 3. The summed E-state index contributed by atoms with van der Waals surface area (Å²) < 4.78 is 4.73. The summed E-state index contributed by atoms with van der Waals surface area (Å²) in [5, 5.41) is 0. The Bertz CT molecular complexity index is 1960. The molecule has 5 aromatic carbocycles. The van der Waals surface area contributed by atoms with Gasteiger partial charge in [-0.05, 0) is 105 Å². The highest BCUT2D eigenvalue weighted by Crippen LogP contribution is 2.41. The first-order valence-corrected chi connectivity index (χ1v) is 16.5. The van der Waals surface area contributed by atoms with Gasteiger partial charge in [-0.25, -0.2) is 9.13 Å². The zero-order valence-corrected chi connectivity index (χ0v) is 28.4. The predicted octanol–water partition coefficient (Wildman–Crippen LogP) is 11.3. The van der Waals surface area contributed by atoms with Crippen molar-refractivity contribution in [3.8, 4) is 44.8 Å². The van der Waals surface area contributed by atoms with Crippen molar-refractivity contribution < 1.29 is 4.57 Å². The molecule has 0 unspecified atom stereocenters. The van der Waals surface area contributed by atoms with Gasteiger partial charge in [0.25, 0.3) is 5.82 Å². The van der Waals surface area contributed by atoms with Crippen LogP contribution in [0.2, 0.25) is 0 Å². The standard InChI is InChI=1S/C43H47N2/c1-27(2)31-17-19-33(20-18-31)34-21-22-40-41(26-34)45(9)43(44(40)8)39-23-35(16-15-30(39)7)42-37(28(3)4)24-36(25-38(42)29(5)6)32-13-11-10-12-14-32/h10-29H,1-9H3/q+1. The maximum Gasteiger partial charge on any atom is 0.289 e. The maximum atomic E-state index is 2.43. The summed E-state index contributed by atoms with van der Waals surface area (Å²) >= 11 is 0. The van der Waals surface area contributed by atoms with Gasteiger partial charge < -0.3 is 0 Å². The molecular weight excluding hydrogens is 544 g/mol. The number of hydrogen-bond acceptors (Lipinski definition) is 0. The van der Waals surface area contributed by atoms with E-state index in [2.05, 4.69) is 175 Å². The summed E-state index contributed by atoms with van der Waals surface area (Å²) in [5.74, 6) is 2.54. The molecule has 0 aliphatic rings. The van der Waals surface area contributed by atoms with Crippen LogP contribution in [0.1, 0.15) is 81.5 Å². The van der Waals surface area contributed by atoms with Gasteiger partial charge in [0.05, 0.1) is 19.7 Å². The predicted molar refractivity (Wildman–Crippen MR) is 193 cm³/mol. The molecule has 228 valence electrons. The highest BCUT2D eigenvalue weighted by molar-refractivity contribution is 5.85. The quantitative estimate of drug-likeness (QED) is 0.163. The average Bonchev–Trinajstić information content (AvgIpc) is 3.29. The Morgan fingerprint density at radius 2 is 1.13 bits per heavy atom. The molecule has 1 aromatic heterocycles. The molecule has 45 heavy (non-hydrogen) atoms. The third kappa shape index (κ3) is 5.63. The summed E-state index contributed by atoms with van der Waals surface area (Å²) in [5.41, 5.74) is 17.0. The fourth-order valence-electron chi connectivity index (χ4n) is 6.88. The van der Waals surface area contributed by atoms with Gasteiger partial charge in [-0.2, -0.15) is 0 Å². The lowest BCUT2D eigenvalue weighted by Crippen LogP contribution is -2.30. The molecule has 0 aliphatic carbocycles. The van der Waals surface area contributed by atoms with Crippen molar-refractivity contribution in [3.63, 3.8) is 0 Å². The molecule has 0 N–H and O–H groups in total. The number of benzene rings is 5. The second-order valence-electron chi connectivity index (χ2n) is 13.7. The van der Waals surface area contributed by atoms with E-state index in [1.165, 1.54) is 78.1 Å². The third-order valence-electron chi connectivity index (χ3n) is 9.56. The molecule has 0 bridgehead atoms. The lowest BCUT2D eigenvalue weighted by molar-refractivity contribution is -0.634. The van der Waals surface area contributed by atoms with Crippen LogP contribution in [0, 0.1) is 6.92 Å². The van der Waals surface area contributed by atoms with Gasteiger partial charge in [0.1, 0.15) is 0 Å². The Hall–Kier alpha value is -4.43. The molecule has 0 fully saturated rings. The van der Waals surface area contributed by atoms with Crippen LogP contribution in [-0.4, -0.2) is 4.57 Å². The minimum Gasteiger partial charge on any atom is -0.226 e. The van der Waals surface area contributed by atoms with Gasteiger partial charge in [0.15, 0.2) is 11.0 Å². The van der Waals surface area contributed by atoms with Crippen LogP contribution in [0.5, 0.6) is 0 Å². The van der Waals surface area contributed by atoms with E-state index in [-0.39, 0.29) is 0 Å². The molecule has 0 spiro atoms. The van der Waals surface area contributed by atoms with Gasteiger partial charge in [-0.15, -0.1) is 0 Å². The first-order valence-electron chi connectivity index (χ1n) is 16.5. The number of rotatable bonds is 7. The molecule has 0 aliphatic heterocycles. The summed E-state index contributed by atoms with van der Waals surface area (Å²) in [6, 6.07) is 38.7. The molecule has 2 nitrogen and oxygen atoms in total. The Balaban J connectivity index is 1.51. The lowest BCUT2D eigenvalue weighted by atomic mass is 9.82. The van der Waals surface area contributed by atoms with Gasteiger partial charge >= 0.3 is 0 Å². The Morgan fingerprint density at radius 1 is 0.556 bits per heavy atom. The number of aromatic nitrogens is 2. The third-order valence-corrected chi connectivity index (χ3v) is 9.56. The van der Waals surface area contributed by atoms with Gasteiger partial charge in [0.2, 0.25) is 0 Å². The fourth-order valence-corrected chi connectivity index (χ4v) is 6.88. The van der Waals surface area contributed by atoms with E-state index in [4.69, 9.17) is 0 Å². The first kappa shape index (κ1) is 30.6. The number of imidazole rings is 1. The average molecular weight is 592 g/mol. The minimum absolute atomic E-state index is 0.396. The summed E-state index contributed by atoms with van der Waals surface area (Å²) in [4.78, 5) is 0. The summed E-state index contributed by atoms with van der Waals surface area (Å²) in [6.07, 6.45) is 0. The molecule has 0 saturated carbocycles. The van der Waals surface area contributed by atoms with Crippen molar-refractivity contribution in [2.24, 2.45) is 14.1 Å². The Labute approximate surface area is 270 Å². The molecule has 2 heteroatoms. The van der Waals surface area contributed by atoms with E-state index in [1.54, 1.807) is 0 Å². The lowest BCUT2D eigenvalue weighted by Gasteiger charge is -2.23. The molecule has 0 radical (unpaired) electrons. The van der Waals surface area contributed by atoms with Gasteiger partial charge in [-0.3, -0.25) is 0 Å². The van der Waals surface area contributed by atoms with Gasteiger partial charge in [-0.1, -0.05) is 120 Å². The van der Waals surface area contributed by atoms with Crippen LogP contribution in [0.15, 0.2) is 103 Å². The largest absolute Gasteiger partial charge is 0.289 e. The van der Waals surface area contributed by atoms with E-state index in [1.807, 2.05) is 0 Å². The van der Waals surface area contributed by atoms with Gasteiger partial charge in [0, 0.05) is 0 Å². The number of nitrogens with zero attached hydrogens (tertiary/aromatic N) is 2. The van der Waals surface area contributed by atoms with Crippen LogP contribution in [-0.2, 0) is 14.1 Å². The van der Waals surface area contributed by atoms with E-state index >= 15 is 0 Å². The highest BCUT2D eigenvalue weighted by atomic mass is 15.1. The van der Waals surface area contributed by atoms with E-state index in [0.29, 0.717) is 17.8 Å². The molecular formula is C43H47N2+. The minimum atomic E-state index is 0.396. The zero-order chi connectivity index (χ0) is 32.0. The van der Waals surface area contributed by atoms with Crippen molar-refractivity contribution in [3.05, 3.63) is 125 Å². The van der Waals surface area contributed by atoms with Crippen LogP contribution < -0.4 is 4.57 Å². The molecule has 0 atom stereocenters. The Kier molecular flexibility index (Phi) is 8.27. The highest BCUT2D eigenvalue weighted by Gasteiger charge is 2.26. The number of hydrogen-bond donors (Lipinski definition) is 0. The molecule has 6 rings (SSSR count). The van der Waals surface area contributed by atoms with Crippen LogP contribution in [0.4, 0.5) is 0 Å². The Morgan fingerprint density at radius 3 is 1.73 bits per heavy atom. The van der Waals surface area contributed by atoms with Crippen molar-refractivity contribution in [1.82, 2.24) is 4.57 Å². The summed E-state index contributed by atoms with van der Waals surface area (Å²) in [7, 11) is 4.41. The molecule has 1 heterocycles. The SMILES string of the molecule is Cc1ccc(-c2c(C(C)C)cc(-c3ccccc3)cc2C(C)C)cc1-c1n(C)c2cc(-c3ccc(C(C)C)cc3)ccc2[n+]1C. The van der Waals surface area contributed by atoms with E-state index in [0.717, 1.165) is 0 Å². The van der Waals surface area contributed by atoms with Crippen molar-refractivity contribution in [2.75, 3.05) is 0 Å². The van der Waals surface area contributed by atoms with E-state index in [9.17, 15) is 0 Å². The number of fused-ring (bicyclic) bond motifs is 1. The van der Waals surface area contributed by atoms with Crippen LogP contribution in [0.3, 0.4) is 0 Å². The van der Waals surface area contributed by atoms with Crippen LogP contribution >= 0.6 is 0 Å². The molecule has 6 aromatic rings. The zero-order valence-electron chi connectivity index (χ0n) is 28.4. The monoisotopic (exact) mass is 591 g/mol. The normalized spacial score (nSPS) is 11.8. The van der Waals surface area contributed by atoms with Crippen molar-refractivity contribution in [1.29, 1.82) is 0 Å². The van der Waals surface area contributed by atoms with Crippen molar-refractivity contribution in [2.45, 2.75) is 66.2 Å². The second kappa shape index (κ2) is 12.2. The fraction of sp³-hybridized carbons (Fsp3) is 0.279. The molecule has 0 amide bonds. The smallest absolute Gasteiger partial charge is 0.226 e. The maximum absolute atomic E-state index is 2.43. The second-order valence-corrected chi connectivity index (χ2v) is 13.7. The topological polar surface area (TPSA) is 8.81 Å². The molecule has 0 saturated heterocycles. The first-order chi connectivity index (χ1) is 21.5. The van der Waals surface area contributed by atoms with E-state index < -0.39 is 0 Å². The van der Waals surface area contributed by atoms with Crippen molar-refractivity contribution >= 4 is 11.0 Å².